The zero-order valence-electron chi connectivity index (χ0n) is 12.8. The molecule has 1 aromatic heterocycles. The Morgan fingerprint density at radius 2 is 2.08 bits per heavy atom. The molecule has 1 aliphatic heterocycles. The third-order valence-corrected chi connectivity index (χ3v) is 3.79. The molecule has 2 heterocycles. The molecule has 10 nitrogen and oxygen atoms in total. The average molecular weight is 362 g/mol. The van der Waals surface area contributed by atoms with E-state index in [0.29, 0.717) is 0 Å². The van der Waals surface area contributed by atoms with Crippen LogP contribution in [0, 0.1) is 0 Å². The number of rotatable bonds is 5. The van der Waals surface area contributed by atoms with Crippen LogP contribution in [0.1, 0.15) is 30.6 Å². The van der Waals surface area contributed by atoms with Crippen LogP contribution in [0.4, 0.5) is 5.82 Å². The van der Waals surface area contributed by atoms with Crippen molar-refractivity contribution < 1.29 is 33.7 Å². The van der Waals surface area contributed by atoms with Crippen LogP contribution in [0.2, 0.25) is 0 Å². The topological polar surface area (TPSA) is 143 Å². The summed E-state index contributed by atoms with van der Waals surface area (Å²) in [6, 6.07) is 0. The van der Waals surface area contributed by atoms with E-state index in [0.717, 1.165) is 6.33 Å². The quantitative estimate of drug-likeness (QED) is 0.553. The predicted molar refractivity (Wildman–Crippen MR) is 79.3 cm³/mol. The van der Waals surface area contributed by atoms with Gasteiger partial charge in [0.25, 0.3) is 0 Å². The molecule has 4 atom stereocenters. The molecule has 0 saturated carbocycles. The van der Waals surface area contributed by atoms with Gasteiger partial charge in [-0.05, 0) is 0 Å². The van der Waals surface area contributed by atoms with Gasteiger partial charge in [0.15, 0.2) is 18.0 Å². The van der Waals surface area contributed by atoms with Gasteiger partial charge in [0.2, 0.25) is 0 Å². The number of aromatic nitrogens is 2. The van der Waals surface area contributed by atoms with E-state index in [1.165, 1.54) is 18.4 Å². The van der Waals surface area contributed by atoms with Crippen LogP contribution in [-0.4, -0.2) is 56.8 Å². The number of aromatic carboxylic acids is 1. The molecule has 0 unspecified atom stereocenters. The smallest absolute Gasteiger partial charge is 0.358 e. The Morgan fingerprint density at radius 3 is 2.58 bits per heavy atom. The molecule has 1 aliphatic rings. The zero-order valence-corrected chi connectivity index (χ0v) is 13.6. The molecule has 1 aromatic rings. The highest BCUT2D eigenvalue weighted by molar-refractivity contribution is 6.21. The Balaban J connectivity index is 2.26. The van der Waals surface area contributed by atoms with Crippen LogP contribution in [-0.2, 0) is 23.8 Å². The summed E-state index contributed by atoms with van der Waals surface area (Å²) in [5.41, 5.74) is 5.40. The van der Waals surface area contributed by atoms with Gasteiger partial charge in [-0.3, -0.25) is 14.2 Å². The Labute approximate surface area is 141 Å². The molecular formula is C13H16ClN3O7. The number of hydrogen-bond acceptors (Lipinski definition) is 8. The number of alkyl halides is 1. The monoisotopic (exact) mass is 361 g/mol. The molecule has 0 bridgehead atoms. The van der Waals surface area contributed by atoms with Crippen molar-refractivity contribution in [2.45, 2.75) is 37.7 Å². The number of halogens is 1. The fraction of sp³-hybridized carbons (Fsp3) is 0.538. The van der Waals surface area contributed by atoms with Crippen LogP contribution in [0.3, 0.4) is 0 Å². The van der Waals surface area contributed by atoms with Gasteiger partial charge in [0.05, 0.1) is 6.33 Å². The van der Waals surface area contributed by atoms with Crippen molar-refractivity contribution in [3.63, 3.8) is 0 Å². The van der Waals surface area contributed by atoms with E-state index >= 15 is 0 Å². The summed E-state index contributed by atoms with van der Waals surface area (Å²) >= 11 is 6.30. The first-order chi connectivity index (χ1) is 11.2. The van der Waals surface area contributed by atoms with Crippen molar-refractivity contribution in [2.24, 2.45) is 0 Å². The molecule has 1 fully saturated rings. The molecule has 0 radical (unpaired) electrons. The lowest BCUT2D eigenvalue weighted by atomic mass is 10.1. The lowest BCUT2D eigenvalue weighted by Gasteiger charge is -2.19. The fourth-order valence-electron chi connectivity index (χ4n) is 2.32. The van der Waals surface area contributed by atoms with E-state index in [-0.39, 0.29) is 18.1 Å². The number of carbonyl (C=O) groups excluding carboxylic acids is 2. The van der Waals surface area contributed by atoms with Gasteiger partial charge in [-0.2, -0.15) is 0 Å². The number of carbonyl (C=O) groups is 3. The van der Waals surface area contributed by atoms with Gasteiger partial charge >= 0.3 is 17.9 Å². The third-order valence-electron chi connectivity index (χ3n) is 3.33. The maximum absolute atomic E-state index is 11.3. The number of imidazole rings is 1. The first-order valence-corrected chi connectivity index (χ1v) is 7.31. The van der Waals surface area contributed by atoms with Crippen molar-refractivity contribution in [3.05, 3.63) is 12.0 Å². The summed E-state index contributed by atoms with van der Waals surface area (Å²) in [6.45, 7) is 2.24. The van der Waals surface area contributed by atoms with Crippen molar-refractivity contribution in [1.82, 2.24) is 9.55 Å². The highest BCUT2D eigenvalue weighted by atomic mass is 35.5. The minimum absolute atomic E-state index is 0.159. The first-order valence-electron chi connectivity index (χ1n) is 6.88. The number of carboxylic acid groups (broad SMARTS) is 1. The number of nitrogens with two attached hydrogens (primary N) is 1. The van der Waals surface area contributed by atoms with Crippen LogP contribution < -0.4 is 5.73 Å². The minimum Gasteiger partial charge on any atom is -0.476 e. The summed E-state index contributed by atoms with van der Waals surface area (Å²) in [6.07, 6.45) is -1.53. The molecular weight excluding hydrogens is 346 g/mol. The van der Waals surface area contributed by atoms with Gasteiger partial charge in [-0.15, -0.1) is 11.6 Å². The molecule has 132 valence electrons. The standard InChI is InChI=1S/C13H16ClN3O7/c1-5(18)22-3-7-10(23-6(2)19)8(14)12(24-7)17-4-16-9(11(17)15)13(20)21/h4,7-8,10,12H,3,15H2,1-2H3,(H,20,21)/t7-,8+,10-,12-/m1/s1. The predicted octanol–water partition coefficient (Wildman–Crippen LogP) is 0.163. The van der Waals surface area contributed by atoms with E-state index in [2.05, 4.69) is 4.98 Å². The lowest BCUT2D eigenvalue weighted by molar-refractivity contribution is -0.155. The highest BCUT2D eigenvalue weighted by Gasteiger charge is 2.48. The highest BCUT2D eigenvalue weighted by Crippen LogP contribution is 2.37. The number of carboxylic acids is 1. The first kappa shape index (κ1) is 18.0. The summed E-state index contributed by atoms with van der Waals surface area (Å²) in [4.78, 5) is 37.0. The Bertz CT molecular complexity index is 662. The van der Waals surface area contributed by atoms with E-state index in [4.69, 9.17) is 36.7 Å². The van der Waals surface area contributed by atoms with E-state index < -0.39 is 41.7 Å². The maximum atomic E-state index is 11.3. The molecule has 0 aliphatic carbocycles. The Kier molecular flexibility index (Phi) is 5.30. The summed E-state index contributed by atoms with van der Waals surface area (Å²) in [7, 11) is 0. The van der Waals surface area contributed by atoms with Gasteiger partial charge in [0, 0.05) is 13.8 Å². The van der Waals surface area contributed by atoms with Crippen molar-refractivity contribution >= 4 is 35.3 Å². The summed E-state index contributed by atoms with van der Waals surface area (Å²) in [5.74, 6) is -2.59. The molecule has 0 amide bonds. The normalized spacial score (nSPS) is 26.1. The van der Waals surface area contributed by atoms with Crippen LogP contribution in [0.25, 0.3) is 0 Å². The number of hydrogen-bond donors (Lipinski definition) is 2. The van der Waals surface area contributed by atoms with Gasteiger partial charge in [-0.25, -0.2) is 9.78 Å². The molecule has 24 heavy (non-hydrogen) atoms. The lowest BCUT2D eigenvalue weighted by Crippen LogP contribution is -2.35. The van der Waals surface area contributed by atoms with Gasteiger partial charge < -0.3 is 25.1 Å². The van der Waals surface area contributed by atoms with E-state index in [9.17, 15) is 14.4 Å². The maximum Gasteiger partial charge on any atom is 0.358 e. The fourth-order valence-corrected chi connectivity index (χ4v) is 2.72. The molecule has 1 saturated heterocycles. The van der Waals surface area contributed by atoms with Crippen LogP contribution >= 0.6 is 11.6 Å². The summed E-state index contributed by atoms with van der Waals surface area (Å²) < 4.78 is 16.9. The molecule has 2 rings (SSSR count). The molecule has 3 N–H and O–H groups in total. The second-order valence-corrected chi connectivity index (χ2v) is 5.58. The summed E-state index contributed by atoms with van der Waals surface area (Å²) in [5, 5.41) is 8.10. The third kappa shape index (κ3) is 3.60. The number of anilines is 1. The average Bonchev–Trinajstić information content (AvgIpc) is 2.98. The second kappa shape index (κ2) is 7.05. The largest absolute Gasteiger partial charge is 0.476 e. The van der Waals surface area contributed by atoms with Gasteiger partial charge in [0.1, 0.15) is 23.9 Å². The van der Waals surface area contributed by atoms with Crippen molar-refractivity contribution in [2.75, 3.05) is 12.3 Å². The van der Waals surface area contributed by atoms with Crippen molar-refractivity contribution in [3.8, 4) is 0 Å². The number of ether oxygens (including phenoxy) is 3. The minimum atomic E-state index is -1.30. The van der Waals surface area contributed by atoms with Crippen LogP contribution in [0.5, 0.6) is 0 Å². The van der Waals surface area contributed by atoms with E-state index in [1.807, 2.05) is 0 Å². The molecule has 0 spiro atoms. The Morgan fingerprint density at radius 1 is 1.42 bits per heavy atom. The van der Waals surface area contributed by atoms with Gasteiger partial charge in [-0.1, -0.05) is 0 Å². The van der Waals surface area contributed by atoms with E-state index in [1.54, 1.807) is 0 Å². The zero-order chi connectivity index (χ0) is 18.0. The number of nitrogen functional groups attached to an aromatic ring is 1. The molecule has 11 heteroatoms. The molecule has 0 aromatic carbocycles. The van der Waals surface area contributed by atoms with Crippen molar-refractivity contribution in [1.29, 1.82) is 0 Å². The SMILES string of the molecule is CC(=O)OC[C@H]1O[C@@H](n2cnc(C(=O)O)c2N)[C@@H](Cl)[C@@H]1OC(C)=O. The van der Waals surface area contributed by atoms with Crippen LogP contribution in [0.15, 0.2) is 6.33 Å². The second-order valence-electron chi connectivity index (χ2n) is 5.08. The Hall–Kier alpha value is -2.33. The number of esters is 2. The number of nitrogens with zero attached hydrogens (tertiary/aromatic N) is 2.